The summed E-state index contributed by atoms with van der Waals surface area (Å²) in [5, 5.41) is 1.21. The van der Waals surface area contributed by atoms with Crippen molar-refractivity contribution in [3.63, 3.8) is 0 Å². The second-order valence-electron chi connectivity index (χ2n) is 5.21. The number of fused-ring (bicyclic) bond motifs is 1. The van der Waals surface area contributed by atoms with E-state index in [2.05, 4.69) is 0 Å². The van der Waals surface area contributed by atoms with E-state index in [9.17, 15) is 17.9 Å². The standard InChI is InChI=1S/C18H13FO4S/c1-11-13(10-20)8-12-2-3-14(19)9-17(12)18(11)23-15-4-6-16(7-5-15)24(21)22/h2-10H,1H3,(H,21,22)/p-1. The fourth-order valence-electron chi connectivity index (χ4n) is 2.45. The average molecular weight is 343 g/mol. The Labute approximate surface area is 140 Å². The number of hydrogen-bond acceptors (Lipinski definition) is 4. The number of halogens is 1. The minimum atomic E-state index is -2.32. The maximum Gasteiger partial charge on any atom is 0.150 e. The van der Waals surface area contributed by atoms with E-state index < -0.39 is 16.9 Å². The molecule has 0 aromatic heterocycles. The lowest BCUT2D eigenvalue weighted by Gasteiger charge is -2.14. The van der Waals surface area contributed by atoms with E-state index in [1.54, 1.807) is 19.1 Å². The molecule has 0 amide bonds. The van der Waals surface area contributed by atoms with Crippen LogP contribution >= 0.6 is 0 Å². The molecule has 122 valence electrons. The number of aldehydes is 1. The Balaban J connectivity index is 2.13. The molecule has 0 radical (unpaired) electrons. The molecule has 0 heterocycles. The molecule has 1 unspecified atom stereocenters. The highest BCUT2D eigenvalue weighted by molar-refractivity contribution is 7.79. The lowest BCUT2D eigenvalue weighted by Crippen LogP contribution is -1.96. The van der Waals surface area contributed by atoms with Crippen LogP contribution in [0.5, 0.6) is 11.5 Å². The molecule has 24 heavy (non-hydrogen) atoms. The highest BCUT2D eigenvalue weighted by Gasteiger charge is 2.13. The first kappa shape index (κ1) is 16.3. The minimum absolute atomic E-state index is 0.136. The molecule has 0 aliphatic heterocycles. The lowest BCUT2D eigenvalue weighted by molar-refractivity contribution is 0.112. The molecule has 0 spiro atoms. The van der Waals surface area contributed by atoms with Gasteiger partial charge in [-0.2, -0.15) is 0 Å². The van der Waals surface area contributed by atoms with E-state index in [1.807, 2.05) is 0 Å². The van der Waals surface area contributed by atoms with Gasteiger partial charge in [0.1, 0.15) is 23.6 Å². The Morgan fingerprint density at radius 1 is 1.12 bits per heavy atom. The summed E-state index contributed by atoms with van der Waals surface area (Å²) in [6, 6.07) is 11.7. The molecule has 3 aromatic rings. The van der Waals surface area contributed by atoms with Gasteiger partial charge in [0.25, 0.3) is 0 Å². The summed E-state index contributed by atoms with van der Waals surface area (Å²) in [5.41, 5.74) is 1.03. The molecular weight excluding hydrogens is 331 g/mol. The van der Waals surface area contributed by atoms with Crippen LogP contribution in [0.15, 0.2) is 53.4 Å². The Kier molecular flexibility index (Phi) is 4.42. The molecule has 0 aliphatic rings. The summed E-state index contributed by atoms with van der Waals surface area (Å²) in [5.74, 6) is 0.341. The maximum atomic E-state index is 13.6. The number of rotatable bonds is 4. The highest BCUT2D eigenvalue weighted by Crippen LogP contribution is 2.35. The molecule has 3 aromatic carbocycles. The summed E-state index contributed by atoms with van der Waals surface area (Å²) >= 11 is -2.32. The van der Waals surface area contributed by atoms with Gasteiger partial charge in [0.05, 0.1) is 0 Å². The van der Waals surface area contributed by atoms with E-state index in [1.165, 1.54) is 36.4 Å². The van der Waals surface area contributed by atoms with Gasteiger partial charge in [0.2, 0.25) is 0 Å². The van der Waals surface area contributed by atoms with Crippen LogP contribution in [0.1, 0.15) is 15.9 Å². The van der Waals surface area contributed by atoms with Crippen LogP contribution < -0.4 is 4.74 Å². The zero-order valence-corrected chi connectivity index (χ0v) is 13.4. The van der Waals surface area contributed by atoms with E-state index in [-0.39, 0.29) is 4.90 Å². The van der Waals surface area contributed by atoms with Gasteiger partial charge in [-0.05, 0) is 65.9 Å². The fraction of sp³-hybridized carbons (Fsp3) is 0.0556. The summed E-state index contributed by atoms with van der Waals surface area (Å²) in [6.45, 7) is 1.71. The molecule has 0 saturated heterocycles. The third-order valence-electron chi connectivity index (χ3n) is 3.71. The fourth-order valence-corrected chi connectivity index (χ4v) is 2.81. The maximum absolute atomic E-state index is 13.6. The predicted octanol–water partition coefficient (Wildman–Crippen LogP) is 4.13. The molecular formula is C18H12FO4S-. The number of benzene rings is 3. The first-order chi connectivity index (χ1) is 11.5. The van der Waals surface area contributed by atoms with Crippen LogP contribution in [0.25, 0.3) is 10.8 Å². The van der Waals surface area contributed by atoms with E-state index in [4.69, 9.17) is 4.74 Å². The van der Waals surface area contributed by atoms with Crippen LogP contribution in [0.4, 0.5) is 4.39 Å². The third-order valence-corrected chi connectivity index (χ3v) is 4.36. The topological polar surface area (TPSA) is 66.4 Å². The summed E-state index contributed by atoms with van der Waals surface area (Å²) in [7, 11) is 0. The number of hydrogen-bond donors (Lipinski definition) is 0. The summed E-state index contributed by atoms with van der Waals surface area (Å²) < 4.78 is 41.2. The van der Waals surface area contributed by atoms with Crippen molar-refractivity contribution in [3.8, 4) is 11.5 Å². The van der Waals surface area contributed by atoms with Gasteiger partial charge in [-0.15, -0.1) is 0 Å². The lowest BCUT2D eigenvalue weighted by atomic mass is 10.0. The number of carbonyl (C=O) groups excluding carboxylic acids is 1. The molecule has 0 aliphatic carbocycles. The van der Waals surface area contributed by atoms with Crippen LogP contribution in [0.3, 0.4) is 0 Å². The molecule has 4 nitrogen and oxygen atoms in total. The highest BCUT2D eigenvalue weighted by atomic mass is 32.2. The van der Waals surface area contributed by atoms with Gasteiger partial charge < -0.3 is 9.29 Å². The van der Waals surface area contributed by atoms with Crippen molar-refractivity contribution in [2.45, 2.75) is 11.8 Å². The summed E-state index contributed by atoms with van der Waals surface area (Å²) in [4.78, 5) is 11.4. The average Bonchev–Trinajstić information content (AvgIpc) is 2.58. The van der Waals surface area contributed by atoms with Crippen molar-refractivity contribution in [1.82, 2.24) is 0 Å². The second-order valence-corrected chi connectivity index (χ2v) is 6.15. The molecule has 0 N–H and O–H groups in total. The van der Waals surface area contributed by atoms with Gasteiger partial charge in [0, 0.05) is 21.4 Å². The van der Waals surface area contributed by atoms with Crippen LogP contribution in [-0.2, 0) is 11.1 Å². The Bertz CT molecular complexity index is 951. The first-order valence-electron chi connectivity index (χ1n) is 7.05. The Morgan fingerprint density at radius 3 is 2.46 bits per heavy atom. The Hall–Kier alpha value is -2.57. The molecule has 3 rings (SSSR count). The largest absolute Gasteiger partial charge is 0.768 e. The second kappa shape index (κ2) is 6.51. The molecule has 1 atom stereocenters. The van der Waals surface area contributed by atoms with Gasteiger partial charge in [0.15, 0.2) is 0 Å². The van der Waals surface area contributed by atoms with E-state index in [0.717, 1.165) is 0 Å². The minimum Gasteiger partial charge on any atom is -0.768 e. The third kappa shape index (κ3) is 3.06. The Morgan fingerprint density at radius 2 is 1.83 bits per heavy atom. The van der Waals surface area contributed by atoms with Crippen molar-refractivity contribution < 1.29 is 22.7 Å². The van der Waals surface area contributed by atoms with Crippen molar-refractivity contribution in [3.05, 3.63) is 65.5 Å². The molecule has 6 heteroatoms. The van der Waals surface area contributed by atoms with Crippen molar-refractivity contribution >= 4 is 28.1 Å². The number of ether oxygens (including phenoxy) is 1. The normalized spacial score (nSPS) is 12.1. The van der Waals surface area contributed by atoms with Crippen molar-refractivity contribution in [1.29, 1.82) is 0 Å². The molecule has 0 saturated carbocycles. The van der Waals surface area contributed by atoms with E-state index in [0.29, 0.717) is 39.7 Å². The van der Waals surface area contributed by atoms with Gasteiger partial charge in [-0.25, -0.2) is 4.39 Å². The zero-order chi connectivity index (χ0) is 17.3. The van der Waals surface area contributed by atoms with Gasteiger partial charge >= 0.3 is 0 Å². The quantitative estimate of drug-likeness (QED) is 0.528. The monoisotopic (exact) mass is 343 g/mol. The molecule has 0 bridgehead atoms. The summed E-state index contributed by atoms with van der Waals surface area (Å²) in [6.07, 6.45) is 0.717. The van der Waals surface area contributed by atoms with Crippen molar-refractivity contribution in [2.24, 2.45) is 0 Å². The number of carbonyl (C=O) groups is 1. The van der Waals surface area contributed by atoms with E-state index >= 15 is 0 Å². The first-order valence-corrected chi connectivity index (χ1v) is 8.12. The predicted molar refractivity (Wildman–Crippen MR) is 87.7 cm³/mol. The zero-order valence-electron chi connectivity index (χ0n) is 12.6. The van der Waals surface area contributed by atoms with Gasteiger partial charge in [-0.3, -0.25) is 9.00 Å². The van der Waals surface area contributed by atoms with Crippen LogP contribution in [-0.4, -0.2) is 15.0 Å². The SMILES string of the molecule is Cc1c(C=O)cc2ccc(F)cc2c1Oc1ccc(S(=O)[O-])cc1. The molecule has 0 fully saturated rings. The van der Waals surface area contributed by atoms with Crippen LogP contribution in [0.2, 0.25) is 0 Å². The van der Waals surface area contributed by atoms with Crippen molar-refractivity contribution in [2.75, 3.05) is 0 Å². The van der Waals surface area contributed by atoms with Crippen LogP contribution in [0, 0.1) is 12.7 Å². The van der Waals surface area contributed by atoms with Gasteiger partial charge in [-0.1, -0.05) is 6.07 Å². The smallest absolute Gasteiger partial charge is 0.150 e.